The number of nitrogens with zero attached hydrogens (tertiary/aromatic N) is 1. The van der Waals surface area contributed by atoms with Gasteiger partial charge in [-0.25, -0.2) is 12.7 Å². The number of hydrogen-bond donors (Lipinski definition) is 1. The highest BCUT2D eigenvalue weighted by molar-refractivity contribution is 7.89. The van der Waals surface area contributed by atoms with Gasteiger partial charge in [0.25, 0.3) is 0 Å². The second-order valence-electron chi connectivity index (χ2n) is 5.26. The number of nitrogens with two attached hydrogens (primary N) is 1. The SMILES string of the molecule is CC(N)C1CCCN(S(=O)(=O)CCc2cccs2)C1. The quantitative estimate of drug-likeness (QED) is 0.900. The molecule has 2 atom stereocenters. The monoisotopic (exact) mass is 302 g/mol. The molecule has 19 heavy (non-hydrogen) atoms. The average Bonchev–Trinajstić information content (AvgIpc) is 2.90. The molecule has 6 heteroatoms. The van der Waals surface area contributed by atoms with E-state index in [0.29, 0.717) is 25.4 Å². The van der Waals surface area contributed by atoms with Gasteiger partial charge in [-0.05, 0) is 43.6 Å². The Hall–Kier alpha value is -0.430. The Morgan fingerprint density at radius 1 is 1.58 bits per heavy atom. The first kappa shape index (κ1) is 15.0. The van der Waals surface area contributed by atoms with E-state index in [4.69, 9.17) is 5.73 Å². The third-order valence-corrected chi connectivity index (χ3v) is 6.52. The van der Waals surface area contributed by atoms with Crippen molar-refractivity contribution < 1.29 is 8.42 Å². The summed E-state index contributed by atoms with van der Waals surface area (Å²) < 4.78 is 26.3. The van der Waals surface area contributed by atoms with Gasteiger partial charge in [0.05, 0.1) is 5.75 Å². The summed E-state index contributed by atoms with van der Waals surface area (Å²) in [5, 5.41) is 1.98. The van der Waals surface area contributed by atoms with Crippen LogP contribution in [0.4, 0.5) is 0 Å². The lowest BCUT2D eigenvalue weighted by atomic mass is 9.93. The molecule has 108 valence electrons. The van der Waals surface area contributed by atoms with Gasteiger partial charge in [0.2, 0.25) is 10.0 Å². The van der Waals surface area contributed by atoms with Crippen molar-refractivity contribution in [1.82, 2.24) is 4.31 Å². The first-order valence-electron chi connectivity index (χ1n) is 6.75. The lowest BCUT2D eigenvalue weighted by Gasteiger charge is -2.33. The van der Waals surface area contributed by atoms with Crippen LogP contribution in [0.5, 0.6) is 0 Å². The van der Waals surface area contributed by atoms with E-state index in [2.05, 4.69) is 0 Å². The van der Waals surface area contributed by atoms with E-state index < -0.39 is 10.0 Å². The molecular formula is C13H22N2O2S2. The van der Waals surface area contributed by atoms with Gasteiger partial charge in [0, 0.05) is 24.0 Å². The summed E-state index contributed by atoms with van der Waals surface area (Å²) in [5.41, 5.74) is 5.90. The summed E-state index contributed by atoms with van der Waals surface area (Å²) in [5.74, 6) is 0.504. The van der Waals surface area contributed by atoms with Crippen LogP contribution < -0.4 is 5.73 Å². The largest absolute Gasteiger partial charge is 0.328 e. The lowest BCUT2D eigenvalue weighted by Crippen LogP contribution is -2.45. The van der Waals surface area contributed by atoms with Crippen molar-refractivity contribution in [3.63, 3.8) is 0 Å². The first-order chi connectivity index (χ1) is 8.99. The molecule has 0 saturated carbocycles. The molecule has 4 nitrogen and oxygen atoms in total. The van der Waals surface area contributed by atoms with E-state index in [1.807, 2.05) is 24.4 Å². The molecule has 1 aliphatic heterocycles. The molecule has 2 heterocycles. The van der Waals surface area contributed by atoms with E-state index in [1.54, 1.807) is 15.6 Å². The minimum Gasteiger partial charge on any atom is -0.328 e. The molecule has 0 aromatic carbocycles. The Bertz CT molecular complexity index is 483. The Kier molecular flexibility index (Phi) is 5.00. The highest BCUT2D eigenvalue weighted by Gasteiger charge is 2.30. The van der Waals surface area contributed by atoms with E-state index in [0.717, 1.165) is 17.7 Å². The molecule has 1 saturated heterocycles. The second kappa shape index (κ2) is 6.35. The number of sulfonamides is 1. The summed E-state index contributed by atoms with van der Waals surface area (Å²) >= 11 is 1.61. The molecule has 0 aliphatic carbocycles. The van der Waals surface area contributed by atoms with Crippen LogP contribution in [0.2, 0.25) is 0 Å². The average molecular weight is 302 g/mol. The Labute approximate surface area is 119 Å². The molecule has 2 unspecified atom stereocenters. The van der Waals surface area contributed by atoms with Crippen LogP contribution in [0.25, 0.3) is 0 Å². The molecule has 2 N–H and O–H groups in total. The Morgan fingerprint density at radius 3 is 3.00 bits per heavy atom. The van der Waals surface area contributed by atoms with Crippen LogP contribution in [0.3, 0.4) is 0 Å². The summed E-state index contributed by atoms with van der Waals surface area (Å²) in [6, 6.07) is 4.01. The maximum atomic E-state index is 12.3. The summed E-state index contributed by atoms with van der Waals surface area (Å²) in [6.45, 7) is 3.20. The van der Waals surface area contributed by atoms with E-state index in [1.165, 1.54) is 0 Å². The molecular weight excluding hydrogens is 280 g/mol. The number of aryl methyl sites for hydroxylation is 1. The third-order valence-electron chi connectivity index (χ3n) is 3.74. The summed E-state index contributed by atoms with van der Waals surface area (Å²) in [7, 11) is -3.14. The van der Waals surface area contributed by atoms with Gasteiger partial charge in [-0.1, -0.05) is 6.07 Å². The number of thiophene rings is 1. The lowest BCUT2D eigenvalue weighted by molar-refractivity contribution is 0.243. The van der Waals surface area contributed by atoms with Crippen LogP contribution in [0.15, 0.2) is 17.5 Å². The summed E-state index contributed by atoms with van der Waals surface area (Å²) in [4.78, 5) is 1.13. The predicted molar refractivity (Wildman–Crippen MR) is 79.8 cm³/mol. The van der Waals surface area contributed by atoms with Gasteiger partial charge in [-0.2, -0.15) is 0 Å². The molecule has 0 spiro atoms. The van der Waals surface area contributed by atoms with Crippen LogP contribution in [0, 0.1) is 5.92 Å². The maximum absolute atomic E-state index is 12.3. The minimum atomic E-state index is -3.14. The van der Waals surface area contributed by atoms with Crippen molar-refractivity contribution in [2.45, 2.75) is 32.2 Å². The molecule has 1 aromatic rings. The van der Waals surface area contributed by atoms with Gasteiger partial charge >= 0.3 is 0 Å². The predicted octanol–water partition coefficient (Wildman–Crippen LogP) is 1.68. The zero-order valence-electron chi connectivity index (χ0n) is 11.3. The van der Waals surface area contributed by atoms with Crippen molar-refractivity contribution in [2.75, 3.05) is 18.8 Å². The molecule has 0 bridgehead atoms. The Morgan fingerprint density at radius 2 is 2.37 bits per heavy atom. The van der Waals surface area contributed by atoms with E-state index >= 15 is 0 Å². The number of piperidine rings is 1. The number of rotatable bonds is 5. The van der Waals surface area contributed by atoms with Crippen LogP contribution in [-0.4, -0.2) is 37.6 Å². The zero-order chi connectivity index (χ0) is 13.9. The van der Waals surface area contributed by atoms with Gasteiger partial charge < -0.3 is 5.73 Å². The molecule has 1 fully saturated rings. The van der Waals surface area contributed by atoms with Gasteiger partial charge in [0.1, 0.15) is 0 Å². The Balaban J connectivity index is 1.95. The molecule has 1 aliphatic rings. The maximum Gasteiger partial charge on any atom is 0.214 e. The second-order valence-corrected chi connectivity index (χ2v) is 8.39. The smallest absolute Gasteiger partial charge is 0.214 e. The molecule has 1 aromatic heterocycles. The highest BCUT2D eigenvalue weighted by Crippen LogP contribution is 2.22. The van der Waals surface area contributed by atoms with Crippen molar-refractivity contribution in [3.8, 4) is 0 Å². The van der Waals surface area contributed by atoms with Crippen LogP contribution >= 0.6 is 11.3 Å². The van der Waals surface area contributed by atoms with Gasteiger partial charge in [-0.3, -0.25) is 0 Å². The first-order valence-corrected chi connectivity index (χ1v) is 9.24. The van der Waals surface area contributed by atoms with Gasteiger partial charge in [0.15, 0.2) is 0 Å². The van der Waals surface area contributed by atoms with Crippen molar-refractivity contribution in [1.29, 1.82) is 0 Å². The molecule has 0 radical (unpaired) electrons. The van der Waals surface area contributed by atoms with E-state index in [-0.39, 0.29) is 11.8 Å². The van der Waals surface area contributed by atoms with E-state index in [9.17, 15) is 8.42 Å². The molecule has 0 amide bonds. The third kappa shape index (κ3) is 4.02. The minimum absolute atomic E-state index is 0.0651. The fourth-order valence-electron chi connectivity index (χ4n) is 2.47. The normalized spacial score (nSPS) is 23.4. The summed E-state index contributed by atoms with van der Waals surface area (Å²) in [6.07, 6.45) is 2.57. The fourth-order valence-corrected chi connectivity index (χ4v) is 4.87. The zero-order valence-corrected chi connectivity index (χ0v) is 12.9. The number of hydrogen-bond acceptors (Lipinski definition) is 4. The standard InChI is InChI=1S/C13H22N2O2S2/c1-11(14)12-4-2-7-15(10-12)19(16,17)9-6-13-5-3-8-18-13/h3,5,8,11-12H,2,4,6-7,9-10,14H2,1H3. The van der Waals surface area contributed by atoms with Crippen molar-refractivity contribution in [2.24, 2.45) is 11.7 Å². The highest BCUT2D eigenvalue weighted by atomic mass is 32.2. The topological polar surface area (TPSA) is 63.4 Å². The van der Waals surface area contributed by atoms with Crippen LogP contribution in [-0.2, 0) is 16.4 Å². The van der Waals surface area contributed by atoms with Gasteiger partial charge in [-0.15, -0.1) is 11.3 Å². The fraction of sp³-hybridized carbons (Fsp3) is 0.692. The van der Waals surface area contributed by atoms with Crippen LogP contribution in [0.1, 0.15) is 24.6 Å². The van der Waals surface area contributed by atoms with Crippen molar-refractivity contribution >= 4 is 21.4 Å². The molecule has 2 rings (SSSR count). The van der Waals surface area contributed by atoms with Crippen molar-refractivity contribution in [3.05, 3.63) is 22.4 Å².